The number of nitrogens with one attached hydrogen (secondary N) is 3. The number of H-pyrrole nitrogens is 2. The summed E-state index contributed by atoms with van der Waals surface area (Å²) < 4.78 is 0. The number of rotatable bonds is 3. The molecule has 0 unspecified atom stereocenters. The zero-order valence-corrected chi connectivity index (χ0v) is 17.5. The highest BCUT2D eigenvalue weighted by Crippen LogP contribution is 2.37. The van der Waals surface area contributed by atoms with Gasteiger partial charge in [-0.3, -0.25) is 4.79 Å². The van der Waals surface area contributed by atoms with Crippen LogP contribution in [-0.4, -0.2) is 27.4 Å². The summed E-state index contributed by atoms with van der Waals surface area (Å²) in [6.07, 6.45) is 2.00. The standard InChI is InChI=1S/C26H21N5O/c1-14-6-9-22-19(10-14)21(13-28-22)26-30-24-18-5-3-2-4-16(18)17-8-7-15(29-23(32)12-27)11-20(17)25(24)31-26/h2-11,13,28H,12,27H2,1H3,(H,29,32)(H,30,31). The first-order chi connectivity index (χ1) is 15.6. The fourth-order valence-corrected chi connectivity index (χ4v) is 4.52. The molecule has 6 aromatic rings. The molecule has 6 heteroatoms. The van der Waals surface area contributed by atoms with E-state index in [4.69, 9.17) is 10.7 Å². The monoisotopic (exact) mass is 419 g/mol. The smallest absolute Gasteiger partial charge is 0.238 e. The van der Waals surface area contributed by atoms with Crippen molar-refractivity contribution in [1.82, 2.24) is 15.0 Å². The first-order valence-corrected chi connectivity index (χ1v) is 10.5. The third-order valence-corrected chi connectivity index (χ3v) is 6.03. The number of nitrogens with two attached hydrogens (primary N) is 1. The van der Waals surface area contributed by atoms with Crippen molar-refractivity contribution in [2.75, 3.05) is 11.9 Å². The normalized spacial score (nSPS) is 11.7. The predicted molar refractivity (Wildman–Crippen MR) is 131 cm³/mol. The largest absolute Gasteiger partial charge is 0.360 e. The number of carbonyl (C=O) groups excluding carboxylic acids is 1. The number of hydrogen-bond acceptors (Lipinski definition) is 3. The minimum Gasteiger partial charge on any atom is -0.360 e. The molecule has 0 saturated carbocycles. The van der Waals surface area contributed by atoms with Gasteiger partial charge in [0.2, 0.25) is 5.91 Å². The van der Waals surface area contributed by atoms with E-state index >= 15 is 0 Å². The molecule has 0 saturated heterocycles. The molecule has 156 valence electrons. The second-order valence-electron chi connectivity index (χ2n) is 8.12. The molecule has 2 heterocycles. The van der Waals surface area contributed by atoms with E-state index in [0.717, 1.165) is 54.9 Å². The van der Waals surface area contributed by atoms with Crippen molar-refractivity contribution >= 4 is 55.1 Å². The fraction of sp³-hybridized carbons (Fsp3) is 0.0769. The number of aromatic amines is 2. The lowest BCUT2D eigenvalue weighted by molar-refractivity contribution is -0.114. The quantitative estimate of drug-likeness (QED) is 0.296. The molecule has 0 aliphatic carbocycles. The van der Waals surface area contributed by atoms with Gasteiger partial charge in [0.1, 0.15) is 5.82 Å². The van der Waals surface area contributed by atoms with Crippen LogP contribution < -0.4 is 11.1 Å². The van der Waals surface area contributed by atoms with Crippen molar-refractivity contribution in [2.24, 2.45) is 5.73 Å². The maximum absolute atomic E-state index is 11.8. The number of benzene rings is 4. The van der Waals surface area contributed by atoms with Gasteiger partial charge in [0.15, 0.2) is 0 Å². The molecule has 0 aliphatic heterocycles. The summed E-state index contributed by atoms with van der Waals surface area (Å²) in [7, 11) is 0. The molecule has 0 aliphatic rings. The third kappa shape index (κ3) is 2.77. The minimum absolute atomic E-state index is 0.0578. The van der Waals surface area contributed by atoms with Crippen LogP contribution in [0.3, 0.4) is 0 Å². The SMILES string of the molecule is Cc1ccc2[nH]cc(-c3nc4c5cc(NC(=O)CN)ccc5c5ccccc5c4[nH]3)c2c1. The van der Waals surface area contributed by atoms with Crippen LogP contribution in [0.2, 0.25) is 0 Å². The predicted octanol–water partition coefficient (Wildman–Crippen LogP) is 5.22. The summed E-state index contributed by atoms with van der Waals surface area (Å²) in [6, 6.07) is 20.6. The van der Waals surface area contributed by atoms with Gasteiger partial charge in [0.25, 0.3) is 0 Å². The number of aromatic nitrogens is 3. The summed E-state index contributed by atoms with van der Waals surface area (Å²) in [5, 5.41) is 8.31. The van der Waals surface area contributed by atoms with E-state index in [1.165, 1.54) is 5.56 Å². The molecule has 0 spiro atoms. The lowest BCUT2D eigenvalue weighted by atomic mass is 9.99. The number of fused-ring (bicyclic) bond motifs is 7. The molecule has 0 fully saturated rings. The van der Waals surface area contributed by atoms with Gasteiger partial charge in [0, 0.05) is 39.1 Å². The average Bonchev–Trinajstić information content (AvgIpc) is 3.43. The van der Waals surface area contributed by atoms with Gasteiger partial charge in [-0.25, -0.2) is 4.98 Å². The molecule has 4 aromatic carbocycles. The second kappa shape index (κ2) is 6.93. The lowest BCUT2D eigenvalue weighted by Crippen LogP contribution is -2.21. The zero-order chi connectivity index (χ0) is 21.8. The Morgan fingerprint density at radius 3 is 2.62 bits per heavy atom. The molecule has 5 N–H and O–H groups in total. The first-order valence-electron chi connectivity index (χ1n) is 10.5. The third-order valence-electron chi connectivity index (χ3n) is 6.03. The van der Waals surface area contributed by atoms with Crippen LogP contribution in [0.25, 0.3) is 54.9 Å². The van der Waals surface area contributed by atoms with Crippen LogP contribution in [0.5, 0.6) is 0 Å². The summed E-state index contributed by atoms with van der Waals surface area (Å²) >= 11 is 0. The van der Waals surface area contributed by atoms with Gasteiger partial charge >= 0.3 is 0 Å². The van der Waals surface area contributed by atoms with Gasteiger partial charge < -0.3 is 21.0 Å². The van der Waals surface area contributed by atoms with Crippen molar-refractivity contribution < 1.29 is 4.79 Å². The molecule has 0 bridgehead atoms. The molecule has 32 heavy (non-hydrogen) atoms. The number of aryl methyl sites for hydroxylation is 1. The topological polar surface area (TPSA) is 99.6 Å². The first kappa shape index (κ1) is 18.6. The van der Waals surface area contributed by atoms with Gasteiger partial charge in [-0.05, 0) is 42.0 Å². The minimum atomic E-state index is -0.224. The Morgan fingerprint density at radius 2 is 1.78 bits per heavy atom. The van der Waals surface area contributed by atoms with E-state index in [1.54, 1.807) is 0 Å². The lowest BCUT2D eigenvalue weighted by Gasteiger charge is -2.09. The molecular weight excluding hydrogens is 398 g/mol. The van der Waals surface area contributed by atoms with Crippen LogP contribution >= 0.6 is 0 Å². The van der Waals surface area contributed by atoms with Crippen LogP contribution in [-0.2, 0) is 4.79 Å². The van der Waals surface area contributed by atoms with Crippen molar-refractivity contribution in [2.45, 2.75) is 6.92 Å². The average molecular weight is 419 g/mol. The zero-order valence-electron chi connectivity index (χ0n) is 17.5. The molecular formula is C26H21N5O. The number of carbonyl (C=O) groups is 1. The maximum Gasteiger partial charge on any atom is 0.238 e. The van der Waals surface area contributed by atoms with Gasteiger partial charge in [-0.15, -0.1) is 0 Å². The maximum atomic E-state index is 11.8. The summed E-state index contributed by atoms with van der Waals surface area (Å²) in [5.74, 6) is 0.587. The number of amides is 1. The Balaban J connectivity index is 1.67. The molecule has 0 radical (unpaired) electrons. The highest BCUT2D eigenvalue weighted by Gasteiger charge is 2.16. The summed E-state index contributed by atoms with van der Waals surface area (Å²) in [5.41, 5.74) is 11.3. The van der Waals surface area contributed by atoms with Crippen LogP contribution in [0, 0.1) is 6.92 Å². The van der Waals surface area contributed by atoms with Gasteiger partial charge in [-0.1, -0.05) is 42.0 Å². The number of anilines is 1. The summed E-state index contributed by atoms with van der Waals surface area (Å²) in [4.78, 5) is 23.8. The van der Waals surface area contributed by atoms with Crippen LogP contribution in [0.15, 0.2) is 66.9 Å². The van der Waals surface area contributed by atoms with Crippen molar-refractivity contribution in [3.8, 4) is 11.4 Å². The number of hydrogen-bond donors (Lipinski definition) is 4. The second-order valence-corrected chi connectivity index (χ2v) is 8.12. The molecule has 0 atom stereocenters. The van der Waals surface area contributed by atoms with E-state index in [9.17, 15) is 4.79 Å². The molecule has 1 amide bonds. The number of imidazole rings is 1. The fourth-order valence-electron chi connectivity index (χ4n) is 4.52. The van der Waals surface area contributed by atoms with E-state index in [0.29, 0.717) is 5.69 Å². The van der Waals surface area contributed by atoms with Crippen molar-refractivity contribution in [1.29, 1.82) is 0 Å². The Bertz CT molecular complexity index is 1670. The Kier molecular flexibility index (Phi) is 4.03. The van der Waals surface area contributed by atoms with Crippen molar-refractivity contribution in [3.05, 3.63) is 72.4 Å². The Labute approximate surface area is 183 Å². The van der Waals surface area contributed by atoms with E-state index in [-0.39, 0.29) is 12.5 Å². The molecule has 6 rings (SSSR count). The van der Waals surface area contributed by atoms with Gasteiger partial charge in [0.05, 0.1) is 17.6 Å². The van der Waals surface area contributed by atoms with Crippen LogP contribution in [0.4, 0.5) is 5.69 Å². The Hall–Kier alpha value is -4.16. The Morgan fingerprint density at radius 1 is 0.969 bits per heavy atom. The van der Waals surface area contributed by atoms with E-state index in [2.05, 4.69) is 52.5 Å². The van der Waals surface area contributed by atoms with Crippen molar-refractivity contribution in [3.63, 3.8) is 0 Å². The van der Waals surface area contributed by atoms with Gasteiger partial charge in [-0.2, -0.15) is 0 Å². The highest BCUT2D eigenvalue weighted by atomic mass is 16.1. The van der Waals surface area contributed by atoms with E-state index in [1.807, 2.05) is 36.5 Å². The highest BCUT2D eigenvalue weighted by molar-refractivity contribution is 6.24. The molecule has 2 aromatic heterocycles. The molecule has 6 nitrogen and oxygen atoms in total. The summed E-state index contributed by atoms with van der Waals surface area (Å²) in [6.45, 7) is 2.03. The number of nitrogens with zero attached hydrogens (tertiary/aromatic N) is 1. The van der Waals surface area contributed by atoms with E-state index < -0.39 is 0 Å². The van der Waals surface area contributed by atoms with Crippen LogP contribution in [0.1, 0.15) is 5.56 Å².